The lowest BCUT2D eigenvalue weighted by Gasteiger charge is -1.98. The highest BCUT2D eigenvalue weighted by atomic mass is 32.3. The fraction of sp³-hybridized carbons (Fsp3) is 0.412. The number of benzene rings is 1. The van der Waals surface area contributed by atoms with Crippen LogP contribution in [0.3, 0.4) is 0 Å². The van der Waals surface area contributed by atoms with Crippen LogP contribution in [-0.4, -0.2) is 43.7 Å². The van der Waals surface area contributed by atoms with Crippen molar-refractivity contribution in [3.8, 4) is 0 Å². The van der Waals surface area contributed by atoms with Crippen LogP contribution in [0.5, 0.6) is 0 Å². The van der Waals surface area contributed by atoms with Crippen LogP contribution in [0.15, 0.2) is 31.3 Å². The monoisotopic (exact) mass is 462 g/mol. The van der Waals surface area contributed by atoms with Gasteiger partial charge in [0.2, 0.25) is 0 Å². The quantitative estimate of drug-likeness (QED) is 0.436. The number of aromatic nitrogens is 2. The molecule has 0 amide bonds. The molecule has 1 aromatic carbocycles. The first kappa shape index (κ1) is 23.6. The largest absolute Gasteiger partial charge is 0.304 e. The maximum Gasteiger partial charge on any atom is 0.304 e. The summed E-state index contributed by atoms with van der Waals surface area (Å²) in [5.74, 6) is -1.52. The topological polar surface area (TPSA) is 146 Å². The van der Waals surface area contributed by atoms with Gasteiger partial charge in [0.05, 0.1) is 33.1 Å². The lowest BCUT2D eigenvalue weighted by atomic mass is 10.1. The summed E-state index contributed by atoms with van der Waals surface area (Å²) in [6.45, 7) is 2.91. The van der Waals surface area contributed by atoms with Crippen LogP contribution in [-0.2, 0) is 33.1 Å². The molecule has 0 aliphatic carbocycles. The molecule has 0 aliphatic heterocycles. The smallest absolute Gasteiger partial charge is 0.273 e. The van der Waals surface area contributed by atoms with E-state index in [9.17, 15) is 39.9 Å². The molecule has 0 fully saturated rings. The van der Waals surface area contributed by atoms with Gasteiger partial charge >= 0.3 is 10.2 Å². The summed E-state index contributed by atoms with van der Waals surface area (Å²) in [6.07, 6.45) is 0.948. The second kappa shape index (κ2) is 8.22. The minimum atomic E-state index is -4.91. The van der Waals surface area contributed by atoms with Gasteiger partial charge in [-0.25, -0.2) is 8.42 Å². The van der Waals surface area contributed by atoms with E-state index in [1.165, 1.54) is 0 Å². The van der Waals surface area contributed by atoms with Crippen LogP contribution < -0.4 is 22.2 Å². The molecule has 3 rings (SSSR count). The summed E-state index contributed by atoms with van der Waals surface area (Å²) in [6, 6.07) is 2.07. The zero-order chi connectivity index (χ0) is 23.0. The summed E-state index contributed by atoms with van der Waals surface area (Å²) in [5, 5.41) is -0.769. The third-order valence-corrected chi connectivity index (χ3v) is 5.90. The Labute approximate surface area is 170 Å². The predicted molar refractivity (Wildman–Crippen MR) is 111 cm³/mol. The molecule has 0 unspecified atom stereocenters. The first-order valence-electron chi connectivity index (χ1n) is 8.80. The average Bonchev–Trinajstić information content (AvgIpc) is 3.02. The van der Waals surface area contributed by atoms with Crippen molar-refractivity contribution in [2.45, 2.75) is 26.9 Å². The van der Waals surface area contributed by atoms with E-state index < -0.39 is 60.3 Å². The molecule has 3 aromatic rings. The summed E-state index contributed by atoms with van der Waals surface area (Å²) in [5.41, 5.74) is -3.45. The van der Waals surface area contributed by atoms with Crippen LogP contribution in [0.1, 0.15) is 13.8 Å². The maximum atomic E-state index is 12.7. The molecule has 10 nitrogen and oxygen atoms in total. The van der Waals surface area contributed by atoms with Gasteiger partial charge < -0.3 is 0 Å². The number of rotatable bonds is 6. The van der Waals surface area contributed by atoms with E-state index in [1.54, 1.807) is 0 Å². The zero-order valence-corrected chi connectivity index (χ0v) is 18.0. The van der Waals surface area contributed by atoms with Crippen molar-refractivity contribution in [3.05, 3.63) is 53.5 Å². The van der Waals surface area contributed by atoms with Gasteiger partial charge in [0.25, 0.3) is 22.2 Å². The van der Waals surface area contributed by atoms with E-state index in [4.69, 9.17) is 0 Å². The molecule has 2 heterocycles. The normalized spacial score (nSPS) is 12.3. The van der Waals surface area contributed by atoms with Crippen molar-refractivity contribution in [1.29, 1.82) is 0 Å². The SMILES string of the molecule is CC.CS(=O)(=O)CCn1c(=O)c2cc3c(=O)n(CCS(=O)(=O)F)c(=O)c3cc2c1=O. The molecule has 0 bridgehead atoms. The van der Waals surface area contributed by atoms with Crippen molar-refractivity contribution in [1.82, 2.24) is 9.13 Å². The van der Waals surface area contributed by atoms with Gasteiger partial charge in [0.1, 0.15) is 9.84 Å². The molecule has 0 saturated heterocycles. The number of fused-ring (bicyclic) bond motifs is 2. The minimum absolute atomic E-state index is 0.168. The zero-order valence-electron chi connectivity index (χ0n) is 16.3. The Morgan fingerprint density at radius 1 is 0.700 bits per heavy atom. The van der Waals surface area contributed by atoms with E-state index in [0.717, 1.165) is 18.4 Å². The fourth-order valence-electron chi connectivity index (χ4n) is 2.94. The highest BCUT2D eigenvalue weighted by Crippen LogP contribution is 2.14. The molecule has 0 radical (unpaired) electrons. The molecular formula is C17H19FN2O8S2. The molecule has 30 heavy (non-hydrogen) atoms. The van der Waals surface area contributed by atoms with Gasteiger partial charge in [-0.15, -0.1) is 3.89 Å². The molecule has 0 atom stereocenters. The molecule has 0 saturated carbocycles. The van der Waals surface area contributed by atoms with Crippen molar-refractivity contribution >= 4 is 41.6 Å². The maximum absolute atomic E-state index is 12.7. The van der Waals surface area contributed by atoms with E-state index in [1.807, 2.05) is 13.8 Å². The molecule has 2 aromatic heterocycles. The second-order valence-corrected chi connectivity index (χ2v) is 10.1. The first-order chi connectivity index (χ1) is 13.8. The van der Waals surface area contributed by atoms with Crippen LogP contribution >= 0.6 is 0 Å². The number of sulfone groups is 1. The third-order valence-electron chi connectivity index (χ3n) is 4.30. The summed E-state index contributed by atoms with van der Waals surface area (Å²) in [4.78, 5) is 49.5. The Bertz CT molecular complexity index is 1350. The Morgan fingerprint density at radius 3 is 1.27 bits per heavy atom. The molecule has 164 valence electrons. The van der Waals surface area contributed by atoms with Crippen LogP contribution in [0.4, 0.5) is 3.89 Å². The van der Waals surface area contributed by atoms with E-state index in [0.29, 0.717) is 9.13 Å². The first-order valence-corrected chi connectivity index (χ1v) is 12.4. The van der Waals surface area contributed by atoms with E-state index in [-0.39, 0.29) is 28.1 Å². The standard InChI is InChI=1S/C15H13FN2O8S2.C2H6/c1-27(23,24)4-2-17-12(19)8-6-10-11(7-9(8)13(17)20)15(22)18(14(10)21)3-5-28(16,25)26;1-2/h6-7H,2-5H2,1H3;1-2H3. The van der Waals surface area contributed by atoms with Gasteiger partial charge in [-0.1, -0.05) is 13.8 Å². The average molecular weight is 462 g/mol. The third kappa shape index (κ3) is 4.56. The molecule has 0 aliphatic rings. The number of hydrogen-bond acceptors (Lipinski definition) is 8. The second-order valence-electron chi connectivity index (χ2n) is 6.34. The van der Waals surface area contributed by atoms with Crippen LogP contribution in [0.2, 0.25) is 0 Å². The fourth-order valence-corrected chi connectivity index (χ4v) is 3.85. The van der Waals surface area contributed by atoms with Gasteiger partial charge in [-0.2, -0.15) is 8.42 Å². The van der Waals surface area contributed by atoms with Gasteiger partial charge in [-0.3, -0.25) is 28.3 Å². The van der Waals surface area contributed by atoms with E-state index >= 15 is 0 Å². The summed E-state index contributed by atoms with van der Waals surface area (Å²) in [7, 11) is -8.35. The van der Waals surface area contributed by atoms with Crippen molar-refractivity contribution in [3.63, 3.8) is 0 Å². The number of hydrogen-bond donors (Lipinski definition) is 0. The van der Waals surface area contributed by atoms with Gasteiger partial charge in [0.15, 0.2) is 0 Å². The Balaban J connectivity index is 0.00000155. The Hall–Kier alpha value is -2.67. The van der Waals surface area contributed by atoms with Gasteiger partial charge in [0, 0.05) is 19.3 Å². The lowest BCUT2D eigenvalue weighted by molar-refractivity contribution is 0.543. The van der Waals surface area contributed by atoms with Gasteiger partial charge in [-0.05, 0) is 12.1 Å². The lowest BCUT2D eigenvalue weighted by Crippen LogP contribution is -2.29. The van der Waals surface area contributed by atoms with E-state index in [2.05, 4.69) is 0 Å². The molecule has 0 spiro atoms. The number of halogens is 1. The Morgan fingerprint density at radius 2 is 1.00 bits per heavy atom. The Kier molecular flexibility index (Phi) is 6.47. The predicted octanol–water partition coefficient (Wildman–Crippen LogP) is -0.717. The van der Waals surface area contributed by atoms with Crippen molar-refractivity contribution < 1.29 is 20.7 Å². The summed E-state index contributed by atoms with van der Waals surface area (Å²) < 4.78 is 57.8. The van der Waals surface area contributed by atoms with Crippen molar-refractivity contribution in [2.24, 2.45) is 0 Å². The van der Waals surface area contributed by atoms with Crippen LogP contribution in [0, 0.1) is 0 Å². The van der Waals surface area contributed by atoms with Crippen LogP contribution in [0.25, 0.3) is 21.5 Å². The highest BCUT2D eigenvalue weighted by Gasteiger charge is 2.21. The minimum Gasteiger partial charge on any atom is -0.273 e. The number of nitrogens with zero attached hydrogens (tertiary/aromatic N) is 2. The summed E-state index contributed by atoms with van der Waals surface area (Å²) >= 11 is 0. The highest BCUT2D eigenvalue weighted by molar-refractivity contribution is 7.90. The molecule has 0 N–H and O–H groups in total. The molecule has 13 heteroatoms. The molecular weight excluding hydrogens is 443 g/mol. The van der Waals surface area contributed by atoms with Crippen molar-refractivity contribution in [2.75, 3.05) is 17.8 Å².